The average molecular weight is 225 g/mol. The van der Waals surface area contributed by atoms with Crippen molar-refractivity contribution in [1.82, 2.24) is 0 Å². The minimum atomic E-state index is -0.169. The molecule has 0 aliphatic heterocycles. The van der Waals surface area contributed by atoms with E-state index in [0.29, 0.717) is 0 Å². The van der Waals surface area contributed by atoms with Crippen molar-refractivity contribution in [3.63, 3.8) is 0 Å². The monoisotopic (exact) mass is 225 g/mol. The number of hydrogen-bond acceptors (Lipinski definition) is 2. The van der Waals surface area contributed by atoms with Crippen LogP contribution in [0.4, 0.5) is 0 Å². The molecule has 0 aromatic rings. The fourth-order valence-corrected chi connectivity index (χ4v) is 1.52. The maximum Gasteiger partial charge on any atom is 0.0683 e. The van der Waals surface area contributed by atoms with Crippen LogP contribution in [0, 0.1) is 22.7 Å². The molecule has 16 heavy (non-hydrogen) atoms. The summed E-state index contributed by atoms with van der Waals surface area (Å²) in [5.41, 5.74) is -0.169. The predicted octanol–water partition coefficient (Wildman–Crippen LogP) is 4.16. The van der Waals surface area contributed by atoms with Crippen molar-refractivity contribution in [2.75, 3.05) is 13.2 Å². The predicted molar refractivity (Wildman–Crippen MR) is 68.1 cm³/mol. The molecule has 2 heteroatoms. The third kappa shape index (κ3) is 9.98. The van der Waals surface area contributed by atoms with E-state index in [4.69, 9.17) is 10.00 Å². The topological polar surface area (TPSA) is 33.0 Å². The smallest absolute Gasteiger partial charge is 0.0683 e. The van der Waals surface area contributed by atoms with Crippen molar-refractivity contribution in [2.24, 2.45) is 11.3 Å². The van der Waals surface area contributed by atoms with E-state index < -0.39 is 0 Å². The normalized spacial score (nSPS) is 11.8. The Labute approximate surface area is 101 Å². The van der Waals surface area contributed by atoms with Crippen LogP contribution in [0.1, 0.15) is 59.8 Å². The van der Waals surface area contributed by atoms with Gasteiger partial charge in [0.1, 0.15) is 0 Å². The third-order valence-corrected chi connectivity index (χ3v) is 2.71. The molecule has 0 rings (SSSR count). The van der Waals surface area contributed by atoms with E-state index in [1.807, 2.05) is 13.8 Å². The van der Waals surface area contributed by atoms with Gasteiger partial charge in [-0.2, -0.15) is 5.26 Å². The van der Waals surface area contributed by atoms with Gasteiger partial charge in [0.05, 0.1) is 11.5 Å². The molecular formula is C14H27NO. The number of nitriles is 1. The van der Waals surface area contributed by atoms with E-state index in [2.05, 4.69) is 19.9 Å². The van der Waals surface area contributed by atoms with Gasteiger partial charge in [-0.3, -0.25) is 0 Å². The molecule has 0 saturated carbocycles. The number of nitrogens with zero attached hydrogens (tertiary/aromatic N) is 1. The van der Waals surface area contributed by atoms with Crippen LogP contribution in [0.3, 0.4) is 0 Å². The fourth-order valence-electron chi connectivity index (χ4n) is 1.52. The highest BCUT2D eigenvalue weighted by Crippen LogP contribution is 2.21. The van der Waals surface area contributed by atoms with Gasteiger partial charge in [0.15, 0.2) is 0 Å². The van der Waals surface area contributed by atoms with Crippen LogP contribution in [-0.2, 0) is 4.74 Å². The van der Waals surface area contributed by atoms with Crippen molar-refractivity contribution in [3.8, 4) is 6.07 Å². The lowest BCUT2D eigenvalue weighted by Crippen LogP contribution is -2.08. The van der Waals surface area contributed by atoms with Gasteiger partial charge in [-0.15, -0.1) is 0 Å². The quantitative estimate of drug-likeness (QED) is 0.552. The average Bonchev–Trinajstić information content (AvgIpc) is 2.21. The zero-order valence-electron chi connectivity index (χ0n) is 11.4. The lowest BCUT2D eigenvalue weighted by Gasteiger charge is -2.14. The zero-order valence-corrected chi connectivity index (χ0v) is 11.4. The largest absolute Gasteiger partial charge is 0.381 e. The first-order valence-electron chi connectivity index (χ1n) is 6.47. The molecule has 0 aromatic heterocycles. The van der Waals surface area contributed by atoms with Crippen LogP contribution in [0.5, 0.6) is 0 Å². The van der Waals surface area contributed by atoms with Crippen LogP contribution in [0.25, 0.3) is 0 Å². The van der Waals surface area contributed by atoms with Gasteiger partial charge in [-0.05, 0) is 51.9 Å². The molecule has 2 nitrogen and oxygen atoms in total. The Kier molecular flexibility index (Phi) is 8.29. The number of rotatable bonds is 9. The molecule has 0 fully saturated rings. The first kappa shape index (κ1) is 15.4. The number of hydrogen-bond donors (Lipinski definition) is 0. The van der Waals surface area contributed by atoms with Crippen molar-refractivity contribution >= 4 is 0 Å². The first-order valence-corrected chi connectivity index (χ1v) is 6.47. The van der Waals surface area contributed by atoms with Crippen LogP contribution < -0.4 is 0 Å². The van der Waals surface area contributed by atoms with Crippen molar-refractivity contribution in [1.29, 1.82) is 5.26 Å². The molecule has 0 bridgehead atoms. The number of unbranched alkanes of at least 4 members (excludes halogenated alkanes) is 1. The van der Waals surface area contributed by atoms with E-state index in [-0.39, 0.29) is 5.41 Å². The molecular weight excluding hydrogens is 198 g/mol. The maximum atomic E-state index is 8.84. The van der Waals surface area contributed by atoms with Crippen molar-refractivity contribution in [2.45, 2.75) is 59.8 Å². The Hall–Kier alpha value is -0.550. The SMILES string of the molecule is CC(C)CCCOCCCCC(C)(C)C#N. The molecule has 94 valence electrons. The van der Waals surface area contributed by atoms with E-state index in [1.165, 1.54) is 12.8 Å². The summed E-state index contributed by atoms with van der Waals surface area (Å²) in [6, 6.07) is 2.32. The van der Waals surface area contributed by atoms with Crippen LogP contribution in [0.2, 0.25) is 0 Å². The Bertz CT molecular complexity index is 203. The summed E-state index contributed by atoms with van der Waals surface area (Å²) >= 11 is 0. The molecule has 0 spiro atoms. The highest BCUT2D eigenvalue weighted by atomic mass is 16.5. The molecule has 0 heterocycles. The zero-order chi connectivity index (χ0) is 12.4. The molecule has 0 atom stereocenters. The van der Waals surface area contributed by atoms with Gasteiger partial charge in [0, 0.05) is 13.2 Å². The third-order valence-electron chi connectivity index (χ3n) is 2.71. The summed E-state index contributed by atoms with van der Waals surface area (Å²) in [7, 11) is 0. The summed E-state index contributed by atoms with van der Waals surface area (Å²) in [5.74, 6) is 0.778. The molecule has 0 aromatic carbocycles. The van der Waals surface area contributed by atoms with Gasteiger partial charge in [0.25, 0.3) is 0 Å². The van der Waals surface area contributed by atoms with Crippen LogP contribution in [-0.4, -0.2) is 13.2 Å². The Balaban J connectivity index is 3.20. The van der Waals surface area contributed by atoms with Gasteiger partial charge in [0.2, 0.25) is 0 Å². The second-order valence-electron chi connectivity index (χ2n) is 5.60. The van der Waals surface area contributed by atoms with E-state index in [0.717, 1.165) is 38.4 Å². The van der Waals surface area contributed by atoms with Gasteiger partial charge < -0.3 is 4.74 Å². The lowest BCUT2D eigenvalue weighted by atomic mass is 9.89. The van der Waals surface area contributed by atoms with Crippen LogP contribution >= 0.6 is 0 Å². The van der Waals surface area contributed by atoms with E-state index in [1.54, 1.807) is 0 Å². The lowest BCUT2D eigenvalue weighted by molar-refractivity contribution is 0.122. The second-order valence-corrected chi connectivity index (χ2v) is 5.60. The summed E-state index contributed by atoms with van der Waals surface area (Å²) in [6.07, 6.45) is 5.55. The first-order chi connectivity index (χ1) is 7.48. The molecule has 0 radical (unpaired) electrons. The molecule has 0 saturated heterocycles. The fraction of sp³-hybridized carbons (Fsp3) is 0.929. The summed E-state index contributed by atoms with van der Waals surface area (Å²) in [6.45, 7) is 10.2. The minimum absolute atomic E-state index is 0.169. The summed E-state index contributed by atoms with van der Waals surface area (Å²) in [4.78, 5) is 0. The highest BCUT2D eigenvalue weighted by Gasteiger charge is 2.15. The van der Waals surface area contributed by atoms with Gasteiger partial charge >= 0.3 is 0 Å². The number of ether oxygens (including phenoxy) is 1. The maximum absolute atomic E-state index is 8.84. The standard InChI is InChI=1S/C14H27NO/c1-13(2)8-7-11-16-10-6-5-9-14(3,4)12-15/h13H,5-11H2,1-4H3. The van der Waals surface area contributed by atoms with Crippen molar-refractivity contribution < 1.29 is 4.74 Å². The molecule has 0 unspecified atom stereocenters. The Morgan fingerprint density at radius 1 is 1.12 bits per heavy atom. The van der Waals surface area contributed by atoms with Gasteiger partial charge in [-0.1, -0.05) is 13.8 Å². The summed E-state index contributed by atoms with van der Waals surface area (Å²) in [5, 5.41) is 8.84. The summed E-state index contributed by atoms with van der Waals surface area (Å²) < 4.78 is 5.55. The second kappa shape index (κ2) is 8.58. The van der Waals surface area contributed by atoms with Crippen LogP contribution in [0.15, 0.2) is 0 Å². The molecule has 0 aliphatic rings. The molecule has 0 N–H and O–H groups in total. The Morgan fingerprint density at radius 2 is 1.75 bits per heavy atom. The Morgan fingerprint density at radius 3 is 2.31 bits per heavy atom. The highest BCUT2D eigenvalue weighted by molar-refractivity contribution is 4.91. The minimum Gasteiger partial charge on any atom is -0.381 e. The van der Waals surface area contributed by atoms with Gasteiger partial charge in [-0.25, -0.2) is 0 Å². The van der Waals surface area contributed by atoms with Crippen molar-refractivity contribution in [3.05, 3.63) is 0 Å². The molecule has 0 aliphatic carbocycles. The van der Waals surface area contributed by atoms with E-state index >= 15 is 0 Å². The van der Waals surface area contributed by atoms with E-state index in [9.17, 15) is 0 Å². The molecule has 0 amide bonds.